The van der Waals surface area contributed by atoms with Crippen LogP contribution in [0.1, 0.15) is 52.9 Å². The number of urea groups is 1. The average molecular weight is 371 g/mol. The summed E-state index contributed by atoms with van der Waals surface area (Å²) in [4.78, 5) is 38.5. The summed E-state index contributed by atoms with van der Waals surface area (Å²) in [5.74, 6) is -0.177. The maximum Gasteiger partial charge on any atom is 0.410 e. The summed E-state index contributed by atoms with van der Waals surface area (Å²) in [7, 11) is 1.39. The maximum absolute atomic E-state index is 12.1. The standard InChI is InChI=1S/C18H33N3O5/c1-18(2,3)26-17(24)21-13-11-20(12-14-21)16(23)19-10-8-6-5-7-9-15(22)25-4/h5-14H2,1-4H3,(H,19,23). The van der Waals surface area contributed by atoms with Crippen molar-refractivity contribution in [3.63, 3.8) is 0 Å². The number of hydrogen-bond acceptors (Lipinski definition) is 5. The predicted octanol–water partition coefficient (Wildman–Crippen LogP) is 2.37. The fraction of sp³-hybridized carbons (Fsp3) is 0.833. The molecule has 1 saturated heterocycles. The fourth-order valence-corrected chi connectivity index (χ4v) is 2.58. The Morgan fingerprint density at radius 1 is 0.923 bits per heavy atom. The number of methoxy groups -OCH3 is 1. The lowest BCUT2D eigenvalue weighted by Gasteiger charge is -2.35. The number of nitrogens with zero attached hydrogens (tertiary/aromatic N) is 2. The van der Waals surface area contributed by atoms with Crippen LogP contribution < -0.4 is 5.32 Å². The maximum atomic E-state index is 12.1. The first-order valence-corrected chi connectivity index (χ1v) is 9.30. The summed E-state index contributed by atoms with van der Waals surface area (Å²) in [5.41, 5.74) is -0.511. The molecule has 1 fully saturated rings. The minimum absolute atomic E-state index is 0.0941. The summed E-state index contributed by atoms with van der Waals surface area (Å²) in [6, 6.07) is -0.0941. The van der Waals surface area contributed by atoms with Crippen LogP contribution in [0.4, 0.5) is 9.59 Å². The van der Waals surface area contributed by atoms with Gasteiger partial charge in [0.05, 0.1) is 7.11 Å². The van der Waals surface area contributed by atoms with Gasteiger partial charge in [0.2, 0.25) is 0 Å². The van der Waals surface area contributed by atoms with Crippen molar-refractivity contribution in [1.82, 2.24) is 15.1 Å². The van der Waals surface area contributed by atoms with Crippen LogP contribution in [0.5, 0.6) is 0 Å². The highest BCUT2D eigenvalue weighted by atomic mass is 16.6. The summed E-state index contributed by atoms with van der Waals surface area (Å²) in [5, 5.41) is 2.91. The van der Waals surface area contributed by atoms with E-state index in [1.165, 1.54) is 7.11 Å². The van der Waals surface area contributed by atoms with Crippen LogP contribution in [-0.2, 0) is 14.3 Å². The van der Waals surface area contributed by atoms with E-state index in [0.717, 1.165) is 25.7 Å². The first-order valence-electron chi connectivity index (χ1n) is 9.30. The smallest absolute Gasteiger partial charge is 0.410 e. The molecular weight excluding hydrogens is 338 g/mol. The number of esters is 1. The zero-order valence-corrected chi connectivity index (χ0v) is 16.5. The highest BCUT2D eigenvalue weighted by Gasteiger charge is 2.27. The second-order valence-electron chi connectivity index (χ2n) is 7.43. The number of rotatable bonds is 7. The van der Waals surface area contributed by atoms with Gasteiger partial charge in [-0.1, -0.05) is 12.8 Å². The number of hydrogen-bond donors (Lipinski definition) is 1. The van der Waals surface area contributed by atoms with E-state index in [1.54, 1.807) is 9.80 Å². The molecule has 0 aliphatic carbocycles. The molecule has 0 atom stereocenters. The fourth-order valence-electron chi connectivity index (χ4n) is 2.58. The third-order valence-electron chi connectivity index (χ3n) is 4.03. The summed E-state index contributed by atoms with van der Waals surface area (Å²) >= 11 is 0. The molecule has 8 heteroatoms. The van der Waals surface area contributed by atoms with E-state index in [1.807, 2.05) is 20.8 Å². The minimum Gasteiger partial charge on any atom is -0.469 e. The van der Waals surface area contributed by atoms with Gasteiger partial charge >= 0.3 is 18.1 Å². The monoisotopic (exact) mass is 371 g/mol. The molecule has 8 nitrogen and oxygen atoms in total. The molecule has 26 heavy (non-hydrogen) atoms. The lowest BCUT2D eigenvalue weighted by atomic mass is 10.1. The minimum atomic E-state index is -0.511. The Balaban J connectivity index is 2.12. The number of carbonyl (C=O) groups is 3. The third-order valence-corrected chi connectivity index (χ3v) is 4.03. The molecule has 0 aromatic heterocycles. The van der Waals surface area contributed by atoms with E-state index in [9.17, 15) is 14.4 Å². The van der Waals surface area contributed by atoms with Gasteiger partial charge in [0.15, 0.2) is 0 Å². The second-order valence-corrected chi connectivity index (χ2v) is 7.43. The van der Waals surface area contributed by atoms with Gasteiger partial charge in [0.1, 0.15) is 5.60 Å². The van der Waals surface area contributed by atoms with Gasteiger partial charge in [-0.05, 0) is 33.6 Å². The predicted molar refractivity (Wildman–Crippen MR) is 97.9 cm³/mol. The van der Waals surface area contributed by atoms with Crippen LogP contribution in [0.2, 0.25) is 0 Å². The van der Waals surface area contributed by atoms with Crippen molar-refractivity contribution < 1.29 is 23.9 Å². The van der Waals surface area contributed by atoms with Crippen LogP contribution in [0, 0.1) is 0 Å². The van der Waals surface area contributed by atoms with Crippen LogP contribution in [0.15, 0.2) is 0 Å². The largest absolute Gasteiger partial charge is 0.469 e. The summed E-state index contributed by atoms with van der Waals surface area (Å²) in [6.07, 6.45) is 3.72. The molecule has 0 radical (unpaired) electrons. The van der Waals surface area contributed by atoms with Crippen molar-refractivity contribution in [2.75, 3.05) is 39.8 Å². The Hall–Kier alpha value is -1.99. The number of amides is 3. The van der Waals surface area contributed by atoms with Crippen molar-refractivity contribution in [3.8, 4) is 0 Å². The Bertz CT molecular complexity index is 468. The lowest BCUT2D eigenvalue weighted by molar-refractivity contribution is -0.140. The van der Waals surface area contributed by atoms with Gasteiger partial charge in [-0.3, -0.25) is 4.79 Å². The molecule has 1 N–H and O–H groups in total. The molecule has 0 unspecified atom stereocenters. The number of ether oxygens (including phenoxy) is 2. The number of piperazine rings is 1. The normalized spacial score (nSPS) is 14.8. The zero-order valence-electron chi connectivity index (χ0n) is 16.5. The molecule has 1 rings (SSSR count). The molecule has 1 aliphatic heterocycles. The molecule has 3 amide bonds. The topological polar surface area (TPSA) is 88.2 Å². The Morgan fingerprint density at radius 2 is 1.50 bits per heavy atom. The quantitative estimate of drug-likeness (QED) is 0.548. The van der Waals surface area contributed by atoms with Crippen LogP contribution in [0.3, 0.4) is 0 Å². The van der Waals surface area contributed by atoms with Crippen LogP contribution >= 0.6 is 0 Å². The van der Waals surface area contributed by atoms with Crippen molar-refractivity contribution in [2.45, 2.75) is 58.5 Å². The lowest BCUT2D eigenvalue weighted by Crippen LogP contribution is -2.54. The molecule has 0 saturated carbocycles. The summed E-state index contributed by atoms with van der Waals surface area (Å²) < 4.78 is 9.93. The van der Waals surface area contributed by atoms with E-state index in [0.29, 0.717) is 39.1 Å². The Morgan fingerprint density at radius 3 is 2.08 bits per heavy atom. The van der Waals surface area contributed by atoms with Gasteiger partial charge in [-0.25, -0.2) is 9.59 Å². The first kappa shape index (κ1) is 22.1. The summed E-state index contributed by atoms with van der Waals surface area (Å²) in [6.45, 7) is 8.10. The van der Waals surface area contributed by atoms with Gasteiger partial charge in [0.25, 0.3) is 0 Å². The van der Waals surface area contributed by atoms with E-state index in [-0.39, 0.29) is 18.1 Å². The van der Waals surface area contributed by atoms with Crippen LogP contribution in [-0.4, -0.2) is 73.3 Å². The average Bonchev–Trinajstić information content (AvgIpc) is 2.59. The molecular formula is C18H33N3O5. The third kappa shape index (κ3) is 8.92. The number of unbranched alkanes of at least 4 members (excludes halogenated alkanes) is 3. The molecule has 0 aromatic carbocycles. The van der Waals surface area contributed by atoms with Crippen molar-refractivity contribution >= 4 is 18.1 Å². The number of nitrogens with one attached hydrogen (secondary N) is 1. The van der Waals surface area contributed by atoms with Crippen molar-refractivity contribution in [1.29, 1.82) is 0 Å². The van der Waals surface area contributed by atoms with Gasteiger partial charge in [-0.2, -0.15) is 0 Å². The Kier molecular flexibility index (Phi) is 9.23. The van der Waals surface area contributed by atoms with Crippen molar-refractivity contribution in [3.05, 3.63) is 0 Å². The van der Waals surface area contributed by atoms with Gasteiger partial charge < -0.3 is 24.6 Å². The molecule has 0 aromatic rings. The van der Waals surface area contributed by atoms with E-state index in [2.05, 4.69) is 10.1 Å². The second kappa shape index (κ2) is 10.9. The first-order chi connectivity index (χ1) is 12.2. The molecule has 0 spiro atoms. The van der Waals surface area contributed by atoms with Gasteiger partial charge in [0, 0.05) is 39.1 Å². The highest BCUT2D eigenvalue weighted by molar-refractivity contribution is 5.75. The number of carbonyl (C=O) groups excluding carboxylic acids is 3. The highest BCUT2D eigenvalue weighted by Crippen LogP contribution is 2.12. The van der Waals surface area contributed by atoms with Crippen LogP contribution in [0.25, 0.3) is 0 Å². The molecule has 0 bridgehead atoms. The molecule has 1 aliphatic rings. The Labute approximate surface area is 156 Å². The van der Waals surface area contributed by atoms with E-state index >= 15 is 0 Å². The molecule has 1 heterocycles. The SMILES string of the molecule is COC(=O)CCCCCCNC(=O)N1CCN(C(=O)OC(C)(C)C)CC1. The zero-order chi connectivity index (χ0) is 19.6. The molecule has 150 valence electrons. The van der Waals surface area contributed by atoms with E-state index in [4.69, 9.17) is 4.74 Å². The van der Waals surface area contributed by atoms with Gasteiger partial charge in [-0.15, -0.1) is 0 Å². The van der Waals surface area contributed by atoms with Crippen molar-refractivity contribution in [2.24, 2.45) is 0 Å². The van der Waals surface area contributed by atoms with E-state index < -0.39 is 5.60 Å².